The van der Waals surface area contributed by atoms with Crippen molar-refractivity contribution in [2.24, 2.45) is 4.99 Å². The second kappa shape index (κ2) is 5.53. The van der Waals surface area contributed by atoms with Gasteiger partial charge in [-0.15, -0.1) is 0 Å². The van der Waals surface area contributed by atoms with Crippen molar-refractivity contribution in [2.75, 3.05) is 0 Å². The Morgan fingerprint density at radius 1 is 1.48 bits per heavy atom. The molecule has 1 saturated heterocycles. The second-order valence-electron chi connectivity index (χ2n) is 6.09. The summed E-state index contributed by atoms with van der Waals surface area (Å²) in [5, 5.41) is 9.99. The number of nitrogens with zero attached hydrogens (tertiary/aromatic N) is 2. The monoisotopic (exact) mass is 330 g/mol. The third-order valence-corrected chi connectivity index (χ3v) is 5.60. The van der Waals surface area contributed by atoms with Crippen molar-refractivity contribution in [1.82, 2.24) is 4.90 Å². The van der Waals surface area contributed by atoms with E-state index in [1.807, 2.05) is 30.3 Å². The summed E-state index contributed by atoms with van der Waals surface area (Å²) in [5.74, 6) is -1.29. The van der Waals surface area contributed by atoms with Crippen molar-refractivity contribution in [3.63, 3.8) is 0 Å². The smallest absolute Gasteiger partial charge is 0.330 e. The molecule has 0 radical (unpaired) electrons. The molecule has 1 N–H and O–H groups in total. The quantitative estimate of drug-likeness (QED) is 0.664. The normalized spacial score (nSPS) is 27.0. The molecule has 1 amide bonds. The molecule has 120 valence electrons. The highest BCUT2D eigenvalue weighted by Crippen LogP contribution is 2.49. The van der Waals surface area contributed by atoms with E-state index in [2.05, 4.69) is 11.6 Å². The molecule has 5 nitrogen and oxygen atoms in total. The fourth-order valence-corrected chi connectivity index (χ4v) is 4.50. The van der Waals surface area contributed by atoms with Crippen LogP contribution in [0.4, 0.5) is 0 Å². The Hall–Kier alpha value is -2.08. The molecule has 1 aromatic rings. The van der Waals surface area contributed by atoms with Crippen LogP contribution in [-0.2, 0) is 16.0 Å². The number of amides is 1. The number of likely N-dealkylation sites (tertiary alicyclic amines) is 1. The number of aliphatic imine (C=N–C) groups is 1. The van der Waals surface area contributed by atoms with Crippen molar-refractivity contribution >= 4 is 28.7 Å². The Kier molecular flexibility index (Phi) is 3.80. The Bertz CT molecular complexity index is 702. The summed E-state index contributed by atoms with van der Waals surface area (Å²) in [6, 6.07) is 8.92. The lowest BCUT2D eigenvalue weighted by atomic mass is 9.87. The van der Waals surface area contributed by atoms with Crippen LogP contribution >= 0.6 is 11.8 Å². The van der Waals surface area contributed by atoms with E-state index in [0.717, 1.165) is 10.6 Å². The first-order chi connectivity index (χ1) is 10.8. The summed E-state index contributed by atoms with van der Waals surface area (Å²) >= 11 is 1.48. The zero-order valence-electron chi connectivity index (χ0n) is 13.0. The van der Waals surface area contributed by atoms with E-state index >= 15 is 0 Å². The molecule has 0 bridgehead atoms. The first kappa shape index (κ1) is 15.8. The van der Waals surface area contributed by atoms with E-state index in [1.165, 1.54) is 16.7 Å². The van der Waals surface area contributed by atoms with E-state index in [0.29, 0.717) is 12.0 Å². The highest BCUT2D eigenvalue weighted by atomic mass is 32.2. The molecule has 0 saturated carbocycles. The summed E-state index contributed by atoms with van der Waals surface area (Å²) in [6.45, 7) is 7.12. The predicted molar refractivity (Wildman–Crippen MR) is 90.4 cm³/mol. The molecule has 3 atom stereocenters. The lowest BCUT2D eigenvalue weighted by Crippen LogP contribution is -2.72. The van der Waals surface area contributed by atoms with Crippen LogP contribution in [-0.4, -0.2) is 43.9 Å². The van der Waals surface area contributed by atoms with Gasteiger partial charge >= 0.3 is 5.97 Å². The first-order valence-corrected chi connectivity index (χ1v) is 8.23. The van der Waals surface area contributed by atoms with Crippen LogP contribution in [0.3, 0.4) is 0 Å². The largest absolute Gasteiger partial charge is 0.479 e. The van der Waals surface area contributed by atoms with Crippen molar-refractivity contribution < 1.29 is 14.7 Å². The van der Waals surface area contributed by atoms with Gasteiger partial charge in [0.1, 0.15) is 5.37 Å². The molecule has 2 heterocycles. The summed E-state index contributed by atoms with van der Waals surface area (Å²) in [4.78, 5) is 30.0. The van der Waals surface area contributed by atoms with Crippen LogP contribution in [0.1, 0.15) is 19.4 Å². The minimum absolute atomic E-state index is 0.242. The van der Waals surface area contributed by atoms with Gasteiger partial charge < -0.3 is 10.0 Å². The number of hydrogen-bond acceptors (Lipinski definition) is 4. The molecule has 23 heavy (non-hydrogen) atoms. The molecule has 1 fully saturated rings. The maximum atomic E-state index is 12.5. The van der Waals surface area contributed by atoms with Crippen LogP contribution in [0.5, 0.6) is 0 Å². The summed E-state index contributed by atoms with van der Waals surface area (Å²) in [6.07, 6.45) is 0.656. The van der Waals surface area contributed by atoms with Crippen LogP contribution < -0.4 is 0 Å². The molecule has 3 rings (SSSR count). The summed E-state index contributed by atoms with van der Waals surface area (Å²) < 4.78 is 0. The van der Waals surface area contributed by atoms with Gasteiger partial charge in [0, 0.05) is 6.42 Å². The van der Waals surface area contributed by atoms with Gasteiger partial charge in [0.15, 0.2) is 11.6 Å². The highest BCUT2D eigenvalue weighted by molar-refractivity contribution is 8.14. The average Bonchev–Trinajstić information content (AvgIpc) is 2.78. The number of thioether (sulfide) groups is 1. The van der Waals surface area contributed by atoms with Crippen molar-refractivity contribution in [1.29, 1.82) is 0 Å². The molecule has 3 unspecified atom stereocenters. The third kappa shape index (κ3) is 2.47. The van der Waals surface area contributed by atoms with E-state index < -0.39 is 17.6 Å². The van der Waals surface area contributed by atoms with Crippen molar-refractivity contribution in [3.8, 4) is 0 Å². The molecule has 2 aliphatic heterocycles. The van der Waals surface area contributed by atoms with Gasteiger partial charge in [-0.25, -0.2) is 4.79 Å². The predicted octanol–water partition coefficient (Wildman–Crippen LogP) is 2.33. The molecular weight excluding hydrogens is 312 g/mol. The number of fused-ring (bicyclic) bond motifs is 1. The van der Waals surface area contributed by atoms with Crippen molar-refractivity contribution in [3.05, 3.63) is 48.0 Å². The average molecular weight is 330 g/mol. The number of aliphatic carboxylic acids is 1. The zero-order chi connectivity index (χ0) is 16.8. The number of carbonyl (C=O) groups excluding carboxylic acids is 1. The van der Waals surface area contributed by atoms with Gasteiger partial charge in [-0.3, -0.25) is 9.79 Å². The van der Waals surface area contributed by atoms with Crippen LogP contribution in [0, 0.1) is 0 Å². The Balaban J connectivity index is 1.81. The van der Waals surface area contributed by atoms with Gasteiger partial charge in [-0.05, 0) is 25.0 Å². The maximum absolute atomic E-state index is 12.5. The second-order valence-corrected chi connectivity index (χ2v) is 7.24. The maximum Gasteiger partial charge on any atom is 0.330 e. The fraction of sp³-hybridized carbons (Fsp3) is 0.353. The molecule has 6 heteroatoms. The molecule has 0 aliphatic carbocycles. The van der Waals surface area contributed by atoms with E-state index in [9.17, 15) is 14.7 Å². The molecule has 0 spiro atoms. The van der Waals surface area contributed by atoms with Crippen molar-refractivity contribution in [2.45, 2.75) is 37.2 Å². The summed E-state index contributed by atoms with van der Waals surface area (Å²) in [7, 11) is 0. The van der Waals surface area contributed by atoms with Gasteiger partial charge in [0.2, 0.25) is 0 Å². The number of carboxylic acids is 1. The Labute approximate surface area is 139 Å². The molecule has 2 aliphatic rings. The Morgan fingerprint density at radius 2 is 2.13 bits per heavy atom. The van der Waals surface area contributed by atoms with E-state index in [1.54, 1.807) is 13.8 Å². The van der Waals surface area contributed by atoms with Gasteiger partial charge in [0.25, 0.3) is 5.91 Å². The molecule has 1 aromatic carbocycles. The SMILES string of the molecule is C=C(C)C(C(=O)O)N1C(=O)C2(C)N=C(Cc3ccccc3)SC12. The first-order valence-electron chi connectivity index (χ1n) is 7.35. The van der Waals surface area contributed by atoms with Gasteiger partial charge in [-0.1, -0.05) is 48.7 Å². The highest BCUT2D eigenvalue weighted by Gasteiger charge is 2.64. The van der Waals surface area contributed by atoms with Crippen LogP contribution in [0.2, 0.25) is 0 Å². The van der Waals surface area contributed by atoms with Crippen LogP contribution in [0.25, 0.3) is 0 Å². The van der Waals surface area contributed by atoms with E-state index in [-0.39, 0.29) is 11.3 Å². The number of rotatable bonds is 5. The van der Waals surface area contributed by atoms with Crippen LogP contribution in [0.15, 0.2) is 47.5 Å². The molecular formula is C17H18N2O3S. The third-order valence-electron chi connectivity index (χ3n) is 4.18. The standard InChI is InChI=1S/C17H18N2O3S/c1-10(2)13(14(20)21)19-15(22)17(3)16(19)23-12(18-17)9-11-7-5-4-6-8-11/h4-8,13,16H,1,9H2,2-3H3,(H,20,21). The number of carboxylic acid groups (broad SMARTS) is 1. The number of hydrogen-bond donors (Lipinski definition) is 1. The number of β-lactam (4-membered cyclic amide) rings is 1. The van der Waals surface area contributed by atoms with E-state index in [4.69, 9.17) is 0 Å². The number of benzene rings is 1. The fourth-order valence-electron chi connectivity index (χ4n) is 3.04. The summed E-state index contributed by atoms with van der Waals surface area (Å²) in [5.41, 5.74) is 0.722. The zero-order valence-corrected chi connectivity index (χ0v) is 13.8. The topological polar surface area (TPSA) is 70.0 Å². The van der Waals surface area contributed by atoms with Gasteiger partial charge in [-0.2, -0.15) is 0 Å². The number of carbonyl (C=O) groups is 2. The molecule has 0 aromatic heterocycles. The minimum Gasteiger partial charge on any atom is -0.479 e. The Morgan fingerprint density at radius 3 is 2.70 bits per heavy atom. The van der Waals surface area contributed by atoms with Gasteiger partial charge in [0.05, 0.1) is 5.04 Å². The lowest BCUT2D eigenvalue weighted by molar-refractivity contribution is -0.162. The lowest BCUT2D eigenvalue weighted by Gasteiger charge is -2.50. The minimum atomic E-state index is -1.05.